The van der Waals surface area contributed by atoms with E-state index in [0.29, 0.717) is 18.5 Å². The van der Waals surface area contributed by atoms with Crippen molar-refractivity contribution in [2.75, 3.05) is 6.54 Å². The van der Waals surface area contributed by atoms with Gasteiger partial charge < -0.3 is 10.3 Å². The van der Waals surface area contributed by atoms with E-state index in [0.717, 1.165) is 10.4 Å². The Hall–Kier alpha value is -0.990. The van der Waals surface area contributed by atoms with Gasteiger partial charge in [-0.2, -0.15) is 0 Å². The molecule has 2 aromatic rings. The van der Waals surface area contributed by atoms with Crippen LogP contribution in [-0.4, -0.2) is 11.1 Å². The van der Waals surface area contributed by atoms with E-state index in [1.807, 2.05) is 12.1 Å². The predicted molar refractivity (Wildman–Crippen MR) is 74.8 cm³/mol. The van der Waals surface area contributed by atoms with Gasteiger partial charge in [-0.25, -0.2) is 0 Å². The van der Waals surface area contributed by atoms with Crippen LogP contribution < -0.4 is 5.73 Å². The van der Waals surface area contributed by atoms with Gasteiger partial charge in [0, 0.05) is 40.1 Å². The molecule has 0 saturated carbocycles. The summed E-state index contributed by atoms with van der Waals surface area (Å²) in [4.78, 5) is 0. The first kappa shape index (κ1) is 12.5. The molecule has 92 valence electrons. The zero-order valence-electron chi connectivity index (χ0n) is 10.6. The van der Waals surface area contributed by atoms with Crippen LogP contribution in [0, 0.1) is 0 Å². The smallest absolute Gasteiger partial charge is 0.0500 e. The summed E-state index contributed by atoms with van der Waals surface area (Å²) >= 11 is 6.25. The SMILES string of the molecule is CC(CN)c1cc2c(Cl)cccc2n1C(C)C. The standard InChI is InChI=1S/C14H19ClN2/c1-9(2)17-13-6-4-5-12(15)11(13)7-14(17)10(3)8-16/h4-7,9-10H,8,16H2,1-3H3. The van der Waals surface area contributed by atoms with Gasteiger partial charge in [0.1, 0.15) is 0 Å². The van der Waals surface area contributed by atoms with Gasteiger partial charge in [-0.1, -0.05) is 24.6 Å². The maximum atomic E-state index is 6.25. The maximum Gasteiger partial charge on any atom is 0.0500 e. The van der Waals surface area contributed by atoms with Crippen molar-refractivity contribution in [3.05, 3.63) is 35.0 Å². The number of fused-ring (bicyclic) bond motifs is 1. The van der Waals surface area contributed by atoms with Crippen molar-refractivity contribution in [1.29, 1.82) is 0 Å². The van der Waals surface area contributed by atoms with Crippen LogP contribution in [0.1, 0.15) is 38.4 Å². The third kappa shape index (κ3) is 2.07. The summed E-state index contributed by atoms with van der Waals surface area (Å²) < 4.78 is 2.33. The number of aromatic nitrogens is 1. The van der Waals surface area contributed by atoms with E-state index in [9.17, 15) is 0 Å². The molecule has 1 heterocycles. The first-order valence-electron chi connectivity index (χ1n) is 6.05. The van der Waals surface area contributed by atoms with Gasteiger partial charge in [-0.3, -0.25) is 0 Å². The lowest BCUT2D eigenvalue weighted by atomic mass is 10.1. The van der Waals surface area contributed by atoms with E-state index in [1.54, 1.807) is 0 Å². The summed E-state index contributed by atoms with van der Waals surface area (Å²) in [6.07, 6.45) is 0. The second-order valence-electron chi connectivity index (χ2n) is 4.84. The fourth-order valence-corrected chi connectivity index (χ4v) is 2.54. The van der Waals surface area contributed by atoms with Crippen LogP contribution in [0.4, 0.5) is 0 Å². The van der Waals surface area contributed by atoms with Crippen LogP contribution >= 0.6 is 11.6 Å². The Kier molecular flexibility index (Phi) is 3.45. The molecule has 0 amide bonds. The molecule has 0 aliphatic rings. The monoisotopic (exact) mass is 250 g/mol. The Bertz CT molecular complexity index is 528. The van der Waals surface area contributed by atoms with Crippen molar-refractivity contribution >= 4 is 22.5 Å². The molecule has 3 heteroatoms. The number of rotatable bonds is 3. The number of nitrogens with two attached hydrogens (primary N) is 1. The normalized spacial score (nSPS) is 13.5. The molecule has 2 rings (SSSR count). The van der Waals surface area contributed by atoms with Gasteiger partial charge in [0.05, 0.1) is 0 Å². The highest BCUT2D eigenvalue weighted by molar-refractivity contribution is 6.35. The van der Waals surface area contributed by atoms with Crippen molar-refractivity contribution in [2.45, 2.75) is 32.7 Å². The van der Waals surface area contributed by atoms with E-state index < -0.39 is 0 Å². The van der Waals surface area contributed by atoms with Gasteiger partial charge in [0.25, 0.3) is 0 Å². The second kappa shape index (κ2) is 4.71. The van der Waals surface area contributed by atoms with Gasteiger partial charge in [0.15, 0.2) is 0 Å². The number of benzene rings is 1. The van der Waals surface area contributed by atoms with Crippen LogP contribution in [0.2, 0.25) is 5.02 Å². The molecule has 0 saturated heterocycles. The Morgan fingerprint density at radius 3 is 2.59 bits per heavy atom. The largest absolute Gasteiger partial charge is 0.342 e. The van der Waals surface area contributed by atoms with E-state index in [-0.39, 0.29) is 0 Å². The maximum absolute atomic E-state index is 6.25. The summed E-state index contributed by atoms with van der Waals surface area (Å²) in [6, 6.07) is 8.64. The molecule has 0 aliphatic heterocycles. The van der Waals surface area contributed by atoms with Crippen LogP contribution in [0.15, 0.2) is 24.3 Å². The summed E-state index contributed by atoms with van der Waals surface area (Å²) in [5.41, 5.74) is 8.25. The quantitative estimate of drug-likeness (QED) is 0.879. The van der Waals surface area contributed by atoms with Gasteiger partial charge in [0.2, 0.25) is 0 Å². The van der Waals surface area contributed by atoms with Gasteiger partial charge in [-0.15, -0.1) is 0 Å². The number of hydrogen-bond donors (Lipinski definition) is 1. The van der Waals surface area contributed by atoms with Crippen molar-refractivity contribution in [1.82, 2.24) is 4.57 Å². The highest BCUT2D eigenvalue weighted by Gasteiger charge is 2.16. The average Bonchev–Trinajstić information content (AvgIpc) is 2.68. The van der Waals surface area contributed by atoms with Crippen molar-refractivity contribution in [2.24, 2.45) is 5.73 Å². The van der Waals surface area contributed by atoms with Crippen LogP contribution in [0.3, 0.4) is 0 Å². The number of hydrogen-bond acceptors (Lipinski definition) is 1. The van der Waals surface area contributed by atoms with Crippen LogP contribution in [0.5, 0.6) is 0 Å². The first-order valence-corrected chi connectivity index (χ1v) is 6.43. The van der Waals surface area contributed by atoms with Crippen LogP contribution in [-0.2, 0) is 0 Å². The second-order valence-corrected chi connectivity index (χ2v) is 5.25. The lowest BCUT2D eigenvalue weighted by Gasteiger charge is -2.18. The highest BCUT2D eigenvalue weighted by atomic mass is 35.5. The molecule has 0 aliphatic carbocycles. The Morgan fingerprint density at radius 2 is 2.00 bits per heavy atom. The van der Waals surface area contributed by atoms with Crippen molar-refractivity contribution in [3.8, 4) is 0 Å². The molecule has 0 radical (unpaired) electrons. The minimum Gasteiger partial charge on any atom is -0.342 e. The molecule has 0 fully saturated rings. The minimum atomic E-state index is 0.348. The molecule has 0 bridgehead atoms. The lowest BCUT2D eigenvalue weighted by molar-refractivity contribution is 0.567. The van der Waals surface area contributed by atoms with E-state index in [2.05, 4.69) is 37.5 Å². The Balaban J connectivity index is 2.75. The number of nitrogens with zero attached hydrogens (tertiary/aromatic N) is 1. The summed E-state index contributed by atoms with van der Waals surface area (Å²) in [5.74, 6) is 0.348. The topological polar surface area (TPSA) is 30.9 Å². The van der Waals surface area contributed by atoms with Crippen molar-refractivity contribution < 1.29 is 0 Å². The third-order valence-corrected chi connectivity index (χ3v) is 3.56. The molecule has 1 atom stereocenters. The van der Waals surface area contributed by atoms with Gasteiger partial charge in [-0.05, 0) is 32.0 Å². The summed E-state index contributed by atoms with van der Waals surface area (Å²) in [5, 5.41) is 1.94. The zero-order valence-corrected chi connectivity index (χ0v) is 11.3. The molecule has 1 aromatic carbocycles. The fraction of sp³-hybridized carbons (Fsp3) is 0.429. The third-order valence-electron chi connectivity index (χ3n) is 3.23. The number of halogens is 1. The lowest BCUT2D eigenvalue weighted by Crippen LogP contribution is -2.14. The van der Waals surface area contributed by atoms with Crippen LogP contribution in [0.25, 0.3) is 10.9 Å². The molecule has 2 N–H and O–H groups in total. The Morgan fingerprint density at radius 1 is 1.29 bits per heavy atom. The molecule has 0 spiro atoms. The minimum absolute atomic E-state index is 0.348. The zero-order chi connectivity index (χ0) is 12.6. The van der Waals surface area contributed by atoms with Gasteiger partial charge >= 0.3 is 0 Å². The molecular weight excluding hydrogens is 232 g/mol. The van der Waals surface area contributed by atoms with E-state index in [1.165, 1.54) is 11.2 Å². The Labute approximate surface area is 107 Å². The van der Waals surface area contributed by atoms with E-state index >= 15 is 0 Å². The summed E-state index contributed by atoms with van der Waals surface area (Å²) in [7, 11) is 0. The van der Waals surface area contributed by atoms with Crippen molar-refractivity contribution in [3.63, 3.8) is 0 Å². The predicted octanol–water partition coefficient (Wildman–Crippen LogP) is 3.94. The highest BCUT2D eigenvalue weighted by Crippen LogP contribution is 2.32. The molecule has 1 aromatic heterocycles. The molecule has 17 heavy (non-hydrogen) atoms. The summed E-state index contributed by atoms with van der Waals surface area (Å²) in [6.45, 7) is 7.18. The fourth-order valence-electron chi connectivity index (χ4n) is 2.31. The molecule has 2 nitrogen and oxygen atoms in total. The average molecular weight is 251 g/mol. The molecular formula is C14H19ClN2. The van der Waals surface area contributed by atoms with E-state index in [4.69, 9.17) is 17.3 Å². The first-order chi connectivity index (χ1) is 8.06. The molecule has 1 unspecified atom stereocenters.